The zero-order valence-corrected chi connectivity index (χ0v) is 16.9. The second-order valence-electron chi connectivity index (χ2n) is 7.00. The highest BCUT2D eigenvalue weighted by Gasteiger charge is 2.49. The van der Waals surface area contributed by atoms with Crippen LogP contribution in [0.3, 0.4) is 0 Å². The maximum Gasteiger partial charge on any atom is 0.244 e. The normalized spacial score (nSPS) is 22.7. The van der Waals surface area contributed by atoms with Crippen LogP contribution >= 0.6 is 23.2 Å². The van der Waals surface area contributed by atoms with Crippen molar-refractivity contribution in [2.24, 2.45) is 0 Å². The third-order valence-corrected chi connectivity index (χ3v) is 7.83. The van der Waals surface area contributed by atoms with Gasteiger partial charge in [-0.1, -0.05) is 35.3 Å². The molecule has 1 saturated heterocycles. The standard InChI is InChI=1S/C19H17Cl2NO4S/c1-12-8-18(15(21)9-14(12)20)27(24,25)22-7-6-19(11-22)10-16(23)13-4-2-3-5-17(13)26-19/h2-5,8-9H,6-7,10-11H2,1H3. The lowest BCUT2D eigenvalue weighted by Gasteiger charge is -2.34. The average Bonchev–Trinajstić information content (AvgIpc) is 3.02. The Morgan fingerprint density at radius 2 is 1.89 bits per heavy atom. The van der Waals surface area contributed by atoms with E-state index < -0.39 is 15.6 Å². The van der Waals surface area contributed by atoms with Crippen LogP contribution in [0.2, 0.25) is 10.0 Å². The van der Waals surface area contributed by atoms with Crippen LogP contribution in [0.1, 0.15) is 28.8 Å². The largest absolute Gasteiger partial charge is 0.485 e. The molecule has 8 heteroatoms. The summed E-state index contributed by atoms with van der Waals surface area (Å²) in [4.78, 5) is 12.5. The minimum absolute atomic E-state index is 0.0191. The van der Waals surface area contributed by atoms with Gasteiger partial charge in [-0.2, -0.15) is 4.31 Å². The molecule has 2 aromatic rings. The highest BCUT2D eigenvalue weighted by atomic mass is 35.5. The highest BCUT2D eigenvalue weighted by molar-refractivity contribution is 7.89. The first kappa shape index (κ1) is 18.7. The summed E-state index contributed by atoms with van der Waals surface area (Å²) >= 11 is 12.2. The zero-order chi connectivity index (χ0) is 19.4. The first-order chi connectivity index (χ1) is 12.7. The number of carbonyl (C=O) groups is 1. The number of para-hydroxylation sites is 1. The number of ether oxygens (including phenoxy) is 1. The van der Waals surface area contributed by atoms with Crippen molar-refractivity contribution in [1.29, 1.82) is 0 Å². The van der Waals surface area contributed by atoms with E-state index in [-0.39, 0.29) is 35.2 Å². The van der Waals surface area contributed by atoms with Crippen LogP contribution in [0.15, 0.2) is 41.3 Å². The summed E-state index contributed by atoms with van der Waals surface area (Å²) in [6.07, 6.45) is 0.597. The monoisotopic (exact) mass is 425 g/mol. The Labute approximate surface area is 167 Å². The van der Waals surface area contributed by atoms with E-state index in [9.17, 15) is 13.2 Å². The Bertz CT molecular complexity index is 1050. The van der Waals surface area contributed by atoms with Crippen LogP contribution in [0, 0.1) is 6.92 Å². The molecular weight excluding hydrogens is 409 g/mol. The summed E-state index contributed by atoms with van der Waals surface area (Å²) in [5.74, 6) is 0.477. The van der Waals surface area contributed by atoms with Crippen molar-refractivity contribution in [3.8, 4) is 5.75 Å². The number of carbonyl (C=O) groups excluding carboxylic acids is 1. The van der Waals surface area contributed by atoms with Gasteiger partial charge in [0.2, 0.25) is 10.0 Å². The molecular formula is C19H17Cl2NO4S. The van der Waals surface area contributed by atoms with Gasteiger partial charge in [-0.25, -0.2) is 8.42 Å². The fourth-order valence-electron chi connectivity index (χ4n) is 3.65. The summed E-state index contributed by atoms with van der Waals surface area (Å²) in [5, 5.41) is 0.493. The lowest BCUT2D eigenvalue weighted by Crippen LogP contribution is -2.45. The van der Waals surface area contributed by atoms with Crippen LogP contribution in [0.25, 0.3) is 0 Å². The predicted octanol–water partition coefficient (Wildman–Crippen LogP) is 4.10. The Morgan fingerprint density at radius 3 is 2.67 bits per heavy atom. The molecule has 142 valence electrons. The van der Waals surface area contributed by atoms with Gasteiger partial charge in [0.1, 0.15) is 16.2 Å². The summed E-state index contributed by atoms with van der Waals surface area (Å²) < 4.78 is 33.7. The van der Waals surface area contributed by atoms with Gasteiger partial charge in [-0.15, -0.1) is 0 Å². The van der Waals surface area contributed by atoms with E-state index in [1.807, 2.05) is 0 Å². The third-order valence-electron chi connectivity index (χ3n) is 5.11. The number of sulfonamides is 1. The molecule has 0 bridgehead atoms. The number of Topliss-reactive ketones (excluding diaryl/α,β-unsaturated/α-hetero) is 1. The van der Waals surface area contributed by atoms with Gasteiger partial charge in [-0.3, -0.25) is 4.79 Å². The molecule has 0 aromatic heterocycles. The molecule has 2 aromatic carbocycles. The van der Waals surface area contributed by atoms with E-state index in [4.69, 9.17) is 27.9 Å². The van der Waals surface area contributed by atoms with E-state index in [0.717, 1.165) is 0 Å². The smallest absolute Gasteiger partial charge is 0.244 e. The van der Waals surface area contributed by atoms with E-state index in [1.54, 1.807) is 31.2 Å². The first-order valence-corrected chi connectivity index (χ1v) is 10.7. The SMILES string of the molecule is Cc1cc(S(=O)(=O)N2CCC3(CC(=O)c4ccccc4O3)C2)c(Cl)cc1Cl. The number of halogens is 2. The molecule has 2 aliphatic heterocycles. The Kier molecular flexibility index (Phi) is 4.50. The Morgan fingerprint density at radius 1 is 1.15 bits per heavy atom. The summed E-state index contributed by atoms with van der Waals surface area (Å²) in [6, 6.07) is 9.97. The predicted molar refractivity (Wildman–Crippen MR) is 103 cm³/mol. The van der Waals surface area contributed by atoms with Crippen molar-refractivity contribution in [2.75, 3.05) is 13.1 Å². The molecule has 0 N–H and O–H groups in total. The molecule has 27 heavy (non-hydrogen) atoms. The lowest BCUT2D eigenvalue weighted by molar-refractivity contribution is 0.0498. The van der Waals surface area contributed by atoms with Crippen molar-refractivity contribution in [1.82, 2.24) is 4.31 Å². The number of aryl methyl sites for hydroxylation is 1. The Balaban J connectivity index is 1.65. The van der Waals surface area contributed by atoms with Gasteiger partial charge in [0.25, 0.3) is 0 Å². The Hall–Kier alpha value is -1.60. The molecule has 2 heterocycles. The van der Waals surface area contributed by atoms with Gasteiger partial charge in [0.05, 0.1) is 23.6 Å². The lowest BCUT2D eigenvalue weighted by atomic mass is 9.89. The number of benzene rings is 2. The van der Waals surface area contributed by atoms with Crippen LogP contribution in [-0.2, 0) is 10.0 Å². The molecule has 1 spiro atoms. The van der Waals surface area contributed by atoms with Crippen LogP contribution in [-0.4, -0.2) is 37.2 Å². The van der Waals surface area contributed by atoms with Crippen molar-refractivity contribution in [2.45, 2.75) is 30.3 Å². The van der Waals surface area contributed by atoms with Gasteiger partial charge in [-0.05, 0) is 36.8 Å². The maximum atomic E-state index is 13.1. The van der Waals surface area contributed by atoms with Crippen LogP contribution in [0.4, 0.5) is 0 Å². The molecule has 0 aliphatic carbocycles. The average molecular weight is 426 g/mol. The molecule has 4 rings (SSSR count). The molecule has 0 amide bonds. The minimum atomic E-state index is -3.83. The van der Waals surface area contributed by atoms with Crippen molar-refractivity contribution in [3.05, 3.63) is 57.6 Å². The number of hydrogen-bond donors (Lipinski definition) is 0. The summed E-state index contributed by atoms with van der Waals surface area (Å²) in [7, 11) is -3.83. The minimum Gasteiger partial charge on any atom is -0.485 e. The highest BCUT2D eigenvalue weighted by Crippen LogP contribution is 2.41. The van der Waals surface area contributed by atoms with Gasteiger partial charge >= 0.3 is 0 Å². The first-order valence-electron chi connectivity index (χ1n) is 8.49. The van der Waals surface area contributed by atoms with Crippen LogP contribution in [0.5, 0.6) is 5.75 Å². The van der Waals surface area contributed by atoms with Gasteiger partial charge < -0.3 is 4.74 Å². The van der Waals surface area contributed by atoms with Crippen molar-refractivity contribution >= 4 is 39.0 Å². The maximum absolute atomic E-state index is 13.1. The number of nitrogens with zero attached hydrogens (tertiary/aromatic N) is 1. The molecule has 0 saturated carbocycles. The molecule has 0 radical (unpaired) electrons. The van der Waals surface area contributed by atoms with E-state index in [2.05, 4.69) is 0 Å². The molecule has 1 atom stereocenters. The number of rotatable bonds is 2. The van der Waals surface area contributed by atoms with Gasteiger partial charge in [0.15, 0.2) is 5.78 Å². The second kappa shape index (κ2) is 6.48. The second-order valence-corrected chi connectivity index (χ2v) is 9.72. The summed E-state index contributed by atoms with van der Waals surface area (Å²) in [6.45, 7) is 2.09. The molecule has 5 nitrogen and oxygen atoms in total. The van der Waals surface area contributed by atoms with E-state index >= 15 is 0 Å². The number of hydrogen-bond acceptors (Lipinski definition) is 4. The van der Waals surface area contributed by atoms with Crippen molar-refractivity contribution in [3.63, 3.8) is 0 Å². The molecule has 2 aliphatic rings. The fourth-order valence-corrected chi connectivity index (χ4v) is 5.97. The van der Waals surface area contributed by atoms with Crippen LogP contribution < -0.4 is 4.74 Å². The van der Waals surface area contributed by atoms with Crippen molar-refractivity contribution < 1.29 is 17.9 Å². The van der Waals surface area contributed by atoms with E-state index in [0.29, 0.717) is 28.3 Å². The number of fused-ring (bicyclic) bond motifs is 1. The zero-order valence-electron chi connectivity index (χ0n) is 14.5. The number of ketones is 1. The quantitative estimate of drug-likeness (QED) is 0.726. The van der Waals surface area contributed by atoms with E-state index in [1.165, 1.54) is 16.4 Å². The van der Waals surface area contributed by atoms with Gasteiger partial charge in [0, 0.05) is 18.0 Å². The summed E-state index contributed by atoms with van der Waals surface area (Å²) in [5.41, 5.74) is 0.333. The topological polar surface area (TPSA) is 63.7 Å². The fraction of sp³-hybridized carbons (Fsp3) is 0.316. The molecule has 1 fully saturated rings. The third kappa shape index (κ3) is 3.14. The molecule has 1 unspecified atom stereocenters.